The molecule has 1 aromatic rings. The highest BCUT2D eigenvalue weighted by Crippen LogP contribution is 2.18. The molecule has 116 valence electrons. The Morgan fingerprint density at radius 1 is 1.24 bits per heavy atom. The van der Waals surface area contributed by atoms with Crippen molar-refractivity contribution in [1.29, 1.82) is 0 Å². The predicted molar refractivity (Wildman–Crippen MR) is 86.9 cm³/mol. The van der Waals surface area contributed by atoms with Gasteiger partial charge in [0.2, 0.25) is 5.91 Å². The zero-order valence-electron chi connectivity index (χ0n) is 12.8. The van der Waals surface area contributed by atoms with Crippen LogP contribution < -0.4 is 10.6 Å². The first-order valence-electron chi connectivity index (χ1n) is 6.86. The van der Waals surface area contributed by atoms with Crippen LogP contribution in [-0.4, -0.2) is 36.0 Å². The van der Waals surface area contributed by atoms with E-state index in [4.69, 9.17) is 0 Å². The molecule has 6 heteroatoms. The van der Waals surface area contributed by atoms with Crippen molar-refractivity contribution in [2.24, 2.45) is 0 Å². The SMILES string of the molecule is CC(C)NC(=O)NC(=O)[C@@H](C)N(C)Cc1ccccc1Br. The number of imide groups is 1. The second-order valence-corrected chi connectivity index (χ2v) is 6.15. The number of rotatable bonds is 5. The average molecular weight is 356 g/mol. The molecule has 0 spiro atoms. The molecule has 0 aliphatic rings. The Morgan fingerprint density at radius 2 is 1.86 bits per heavy atom. The highest BCUT2D eigenvalue weighted by Gasteiger charge is 2.20. The van der Waals surface area contributed by atoms with Gasteiger partial charge in [0.05, 0.1) is 6.04 Å². The summed E-state index contributed by atoms with van der Waals surface area (Å²) in [6.45, 7) is 6.07. The van der Waals surface area contributed by atoms with Crippen molar-refractivity contribution in [3.8, 4) is 0 Å². The number of nitrogens with zero attached hydrogens (tertiary/aromatic N) is 1. The lowest BCUT2D eigenvalue weighted by atomic mass is 10.2. The van der Waals surface area contributed by atoms with Crippen molar-refractivity contribution in [3.05, 3.63) is 34.3 Å². The molecule has 0 fully saturated rings. The van der Waals surface area contributed by atoms with Crippen LogP contribution in [0.5, 0.6) is 0 Å². The molecule has 0 radical (unpaired) electrons. The van der Waals surface area contributed by atoms with E-state index in [-0.39, 0.29) is 11.9 Å². The summed E-state index contributed by atoms with van der Waals surface area (Å²) in [7, 11) is 1.85. The minimum atomic E-state index is -0.462. The van der Waals surface area contributed by atoms with E-state index in [2.05, 4.69) is 26.6 Å². The molecule has 1 atom stereocenters. The molecule has 2 N–H and O–H groups in total. The highest BCUT2D eigenvalue weighted by atomic mass is 79.9. The molecule has 21 heavy (non-hydrogen) atoms. The Labute approximate surface area is 134 Å². The maximum Gasteiger partial charge on any atom is 0.321 e. The average Bonchev–Trinajstić information content (AvgIpc) is 2.39. The van der Waals surface area contributed by atoms with Crippen molar-refractivity contribution in [1.82, 2.24) is 15.5 Å². The molecule has 0 unspecified atom stereocenters. The van der Waals surface area contributed by atoms with Gasteiger partial charge in [-0.3, -0.25) is 15.0 Å². The summed E-state index contributed by atoms with van der Waals surface area (Å²) in [5.41, 5.74) is 1.09. The molecule has 0 aliphatic carbocycles. The summed E-state index contributed by atoms with van der Waals surface area (Å²) >= 11 is 3.49. The molecule has 1 rings (SSSR count). The minimum absolute atomic E-state index is 0.00823. The third-order valence-electron chi connectivity index (χ3n) is 3.07. The Kier molecular flexibility index (Phi) is 6.84. The van der Waals surface area contributed by atoms with E-state index < -0.39 is 12.1 Å². The third kappa shape index (κ3) is 5.85. The van der Waals surface area contributed by atoms with E-state index in [1.54, 1.807) is 6.92 Å². The topological polar surface area (TPSA) is 61.4 Å². The number of amides is 3. The van der Waals surface area contributed by atoms with Gasteiger partial charge in [-0.1, -0.05) is 34.1 Å². The van der Waals surface area contributed by atoms with Gasteiger partial charge >= 0.3 is 6.03 Å². The number of carbonyl (C=O) groups excluding carboxylic acids is 2. The minimum Gasteiger partial charge on any atom is -0.336 e. The number of hydrogen-bond donors (Lipinski definition) is 2. The molecule has 0 heterocycles. The fraction of sp³-hybridized carbons (Fsp3) is 0.467. The Hall–Kier alpha value is -1.40. The third-order valence-corrected chi connectivity index (χ3v) is 3.85. The summed E-state index contributed by atoms with van der Waals surface area (Å²) in [5.74, 6) is -0.317. The van der Waals surface area contributed by atoms with Gasteiger partial charge < -0.3 is 5.32 Å². The fourth-order valence-corrected chi connectivity index (χ4v) is 2.16. The molecule has 1 aromatic carbocycles. The summed E-state index contributed by atoms with van der Waals surface area (Å²) in [6.07, 6.45) is 0. The van der Waals surface area contributed by atoms with E-state index >= 15 is 0 Å². The molecule has 5 nitrogen and oxygen atoms in total. The maximum atomic E-state index is 12.0. The van der Waals surface area contributed by atoms with Crippen LogP contribution in [0.3, 0.4) is 0 Å². The van der Waals surface area contributed by atoms with Crippen molar-refractivity contribution < 1.29 is 9.59 Å². The number of nitrogens with one attached hydrogen (secondary N) is 2. The quantitative estimate of drug-likeness (QED) is 0.852. The van der Waals surface area contributed by atoms with E-state index in [1.807, 2.05) is 50.1 Å². The van der Waals surface area contributed by atoms with Crippen molar-refractivity contribution in [2.45, 2.75) is 39.4 Å². The van der Waals surface area contributed by atoms with Crippen LogP contribution in [0.4, 0.5) is 4.79 Å². The van der Waals surface area contributed by atoms with Gasteiger partial charge in [-0.2, -0.15) is 0 Å². The van der Waals surface area contributed by atoms with Crippen LogP contribution in [0.1, 0.15) is 26.3 Å². The van der Waals surface area contributed by atoms with Crippen molar-refractivity contribution in [2.75, 3.05) is 7.05 Å². The van der Waals surface area contributed by atoms with Gasteiger partial charge in [0.25, 0.3) is 0 Å². The van der Waals surface area contributed by atoms with E-state index in [0.29, 0.717) is 6.54 Å². The van der Waals surface area contributed by atoms with E-state index in [0.717, 1.165) is 10.0 Å². The van der Waals surface area contributed by atoms with Gasteiger partial charge in [0.15, 0.2) is 0 Å². The number of urea groups is 1. The van der Waals surface area contributed by atoms with Gasteiger partial charge in [-0.25, -0.2) is 4.79 Å². The Balaban J connectivity index is 2.57. The normalized spacial score (nSPS) is 12.3. The van der Waals surface area contributed by atoms with Crippen LogP contribution in [0, 0.1) is 0 Å². The van der Waals surface area contributed by atoms with Crippen molar-refractivity contribution >= 4 is 27.9 Å². The zero-order chi connectivity index (χ0) is 16.0. The smallest absolute Gasteiger partial charge is 0.321 e. The number of carbonyl (C=O) groups is 2. The molecule has 0 bridgehead atoms. The van der Waals surface area contributed by atoms with Gasteiger partial charge in [0.1, 0.15) is 0 Å². The molecule has 0 saturated heterocycles. The maximum absolute atomic E-state index is 12.0. The molecule has 0 aromatic heterocycles. The number of hydrogen-bond acceptors (Lipinski definition) is 3. The van der Waals surface area contributed by atoms with Crippen LogP contribution in [0.25, 0.3) is 0 Å². The molecule has 0 aliphatic heterocycles. The lowest BCUT2D eigenvalue weighted by Gasteiger charge is -2.24. The molecular weight excluding hydrogens is 334 g/mol. The summed E-state index contributed by atoms with van der Waals surface area (Å²) in [5, 5.41) is 4.98. The lowest BCUT2D eigenvalue weighted by Crippen LogP contribution is -2.49. The first-order valence-corrected chi connectivity index (χ1v) is 7.65. The molecule has 0 saturated carbocycles. The van der Waals surface area contributed by atoms with Gasteiger partial charge in [-0.15, -0.1) is 0 Å². The Bertz CT molecular complexity index is 505. The summed E-state index contributed by atoms with van der Waals surface area (Å²) in [6, 6.07) is 6.98. The van der Waals surface area contributed by atoms with Gasteiger partial charge in [0, 0.05) is 17.1 Å². The number of benzene rings is 1. The first-order chi connectivity index (χ1) is 9.81. The first kappa shape index (κ1) is 17.7. The standard InChI is InChI=1S/C15H22BrN3O2/c1-10(2)17-15(21)18-14(20)11(3)19(4)9-12-7-5-6-8-13(12)16/h5-8,10-11H,9H2,1-4H3,(H2,17,18,20,21)/t11-/m1/s1. The second-order valence-electron chi connectivity index (χ2n) is 5.30. The van der Waals surface area contributed by atoms with Gasteiger partial charge in [-0.05, 0) is 39.4 Å². The number of halogens is 1. The van der Waals surface area contributed by atoms with Crippen LogP contribution in [0.15, 0.2) is 28.7 Å². The monoisotopic (exact) mass is 355 g/mol. The summed E-state index contributed by atoms with van der Waals surface area (Å²) < 4.78 is 1.00. The van der Waals surface area contributed by atoms with E-state index in [9.17, 15) is 9.59 Å². The molecule has 3 amide bonds. The fourth-order valence-electron chi connectivity index (χ4n) is 1.75. The molecular formula is C15H22BrN3O2. The van der Waals surface area contributed by atoms with Crippen LogP contribution in [0.2, 0.25) is 0 Å². The second kappa shape index (κ2) is 8.14. The lowest BCUT2D eigenvalue weighted by molar-refractivity contribution is -0.124. The largest absolute Gasteiger partial charge is 0.336 e. The van der Waals surface area contributed by atoms with Crippen molar-refractivity contribution in [3.63, 3.8) is 0 Å². The van der Waals surface area contributed by atoms with Crippen LogP contribution >= 0.6 is 15.9 Å². The Morgan fingerprint density at radius 3 is 2.43 bits per heavy atom. The highest BCUT2D eigenvalue weighted by molar-refractivity contribution is 9.10. The predicted octanol–water partition coefficient (Wildman–Crippen LogP) is 2.50. The van der Waals surface area contributed by atoms with E-state index in [1.165, 1.54) is 0 Å². The number of likely N-dealkylation sites (N-methyl/N-ethyl adjacent to an activating group) is 1. The van der Waals surface area contributed by atoms with Crippen LogP contribution in [-0.2, 0) is 11.3 Å². The zero-order valence-corrected chi connectivity index (χ0v) is 14.4. The summed E-state index contributed by atoms with van der Waals surface area (Å²) in [4.78, 5) is 25.4.